The van der Waals surface area contributed by atoms with Crippen molar-refractivity contribution in [1.82, 2.24) is 4.98 Å². The van der Waals surface area contributed by atoms with Crippen molar-refractivity contribution in [1.29, 1.82) is 5.26 Å². The Morgan fingerprint density at radius 1 is 1.14 bits per heavy atom. The van der Waals surface area contributed by atoms with Gasteiger partial charge >= 0.3 is 0 Å². The van der Waals surface area contributed by atoms with E-state index >= 15 is 0 Å². The molecule has 1 aliphatic heterocycles. The summed E-state index contributed by atoms with van der Waals surface area (Å²) in [4.78, 5) is 7.93. The number of nitrogens with zero attached hydrogens (tertiary/aromatic N) is 3. The summed E-state index contributed by atoms with van der Waals surface area (Å²) in [6.45, 7) is 1.89. The third-order valence-corrected chi connectivity index (χ3v) is 6.21. The number of anilines is 1. The summed E-state index contributed by atoms with van der Waals surface area (Å²) in [5.41, 5.74) is 2.03. The molecule has 1 N–H and O–H groups in total. The third kappa shape index (κ3) is 3.76. The van der Waals surface area contributed by atoms with Crippen molar-refractivity contribution in [2.24, 2.45) is 0 Å². The van der Waals surface area contributed by atoms with Gasteiger partial charge in [-0.25, -0.2) is 9.37 Å². The number of hydrogen-bond acceptors (Lipinski definition) is 6. The molecule has 1 fully saturated rings. The first-order valence-corrected chi connectivity index (χ1v) is 10.3. The predicted octanol–water partition coefficient (Wildman–Crippen LogP) is 5.19. The second-order valence-electron chi connectivity index (χ2n) is 6.91. The van der Waals surface area contributed by atoms with Crippen LogP contribution in [0.4, 0.5) is 9.52 Å². The summed E-state index contributed by atoms with van der Waals surface area (Å²) in [6.07, 6.45) is 3.47. The number of piperidine rings is 1. The molecule has 4 rings (SSSR count). The number of phenols is 1. The van der Waals surface area contributed by atoms with Crippen molar-refractivity contribution in [2.45, 2.75) is 19.3 Å². The fourth-order valence-corrected chi connectivity index (χ4v) is 4.64. The molecule has 0 saturated carbocycles. The maximum absolute atomic E-state index is 14.3. The van der Waals surface area contributed by atoms with Gasteiger partial charge in [-0.2, -0.15) is 5.26 Å². The van der Waals surface area contributed by atoms with Crippen LogP contribution in [0, 0.1) is 17.1 Å². The third-order valence-electron chi connectivity index (χ3n) is 5.05. The molecule has 0 bridgehead atoms. The molecule has 2 aromatic carbocycles. The first kappa shape index (κ1) is 19.2. The summed E-state index contributed by atoms with van der Waals surface area (Å²) >= 11 is 1.53. The van der Waals surface area contributed by atoms with Gasteiger partial charge in [-0.15, -0.1) is 0 Å². The van der Waals surface area contributed by atoms with Gasteiger partial charge < -0.3 is 14.7 Å². The molecule has 1 aromatic heterocycles. The molecular formula is C22H20FN3O2S. The Morgan fingerprint density at radius 2 is 1.90 bits per heavy atom. The quantitative estimate of drug-likeness (QED) is 0.642. The molecule has 1 aliphatic rings. The predicted molar refractivity (Wildman–Crippen MR) is 112 cm³/mol. The Kier molecular flexibility index (Phi) is 5.36. The number of rotatable bonds is 4. The highest BCUT2D eigenvalue weighted by Crippen LogP contribution is 2.43. The van der Waals surface area contributed by atoms with E-state index in [0.717, 1.165) is 41.5 Å². The van der Waals surface area contributed by atoms with Crippen LogP contribution >= 0.6 is 11.3 Å². The largest absolute Gasteiger partial charge is 0.504 e. The SMILES string of the molecule is COc1ccc(-c2sc(N3CCCCC3)nc2-c2ccc(C#N)c(F)c2)cc1O. The fraction of sp³-hybridized carbons (Fsp3) is 0.273. The summed E-state index contributed by atoms with van der Waals surface area (Å²) in [5.74, 6) is -0.142. The Balaban J connectivity index is 1.84. The molecule has 0 spiro atoms. The number of ether oxygens (including phenoxy) is 1. The van der Waals surface area contributed by atoms with Gasteiger partial charge in [-0.1, -0.05) is 17.4 Å². The maximum Gasteiger partial charge on any atom is 0.186 e. The first-order chi connectivity index (χ1) is 14.1. The molecule has 2 heterocycles. The van der Waals surface area contributed by atoms with E-state index in [4.69, 9.17) is 15.0 Å². The minimum absolute atomic E-state index is 0.00359. The second-order valence-corrected chi connectivity index (χ2v) is 7.89. The minimum atomic E-state index is -0.568. The molecule has 5 nitrogen and oxygen atoms in total. The molecular weight excluding hydrogens is 389 g/mol. The van der Waals surface area contributed by atoms with Crippen LogP contribution in [0.5, 0.6) is 11.5 Å². The van der Waals surface area contributed by atoms with E-state index in [2.05, 4.69) is 4.90 Å². The highest BCUT2D eigenvalue weighted by Gasteiger charge is 2.21. The van der Waals surface area contributed by atoms with Gasteiger partial charge in [-0.05, 0) is 55.2 Å². The van der Waals surface area contributed by atoms with Crippen LogP contribution in [-0.2, 0) is 0 Å². The minimum Gasteiger partial charge on any atom is -0.504 e. The number of aromatic hydroxyl groups is 1. The second kappa shape index (κ2) is 8.10. The Labute approximate surface area is 172 Å². The van der Waals surface area contributed by atoms with Crippen molar-refractivity contribution < 1.29 is 14.2 Å². The number of nitriles is 1. The average Bonchev–Trinajstić information content (AvgIpc) is 3.20. The molecule has 148 valence electrons. The molecule has 0 atom stereocenters. The van der Waals surface area contributed by atoms with Crippen LogP contribution < -0.4 is 9.64 Å². The van der Waals surface area contributed by atoms with Crippen LogP contribution in [0.2, 0.25) is 0 Å². The van der Waals surface area contributed by atoms with Gasteiger partial charge in [0, 0.05) is 18.7 Å². The lowest BCUT2D eigenvalue weighted by Crippen LogP contribution is -2.29. The van der Waals surface area contributed by atoms with Crippen LogP contribution in [0.25, 0.3) is 21.7 Å². The number of benzene rings is 2. The van der Waals surface area contributed by atoms with Crippen LogP contribution in [0.1, 0.15) is 24.8 Å². The lowest BCUT2D eigenvalue weighted by molar-refractivity contribution is 0.373. The van der Waals surface area contributed by atoms with E-state index < -0.39 is 5.82 Å². The summed E-state index contributed by atoms with van der Waals surface area (Å²) in [6, 6.07) is 11.6. The smallest absolute Gasteiger partial charge is 0.186 e. The zero-order valence-corrected chi connectivity index (χ0v) is 16.8. The molecule has 0 unspecified atom stereocenters. The zero-order valence-electron chi connectivity index (χ0n) is 16.0. The van der Waals surface area contributed by atoms with E-state index in [1.54, 1.807) is 18.2 Å². The van der Waals surface area contributed by atoms with Gasteiger partial charge in [0.1, 0.15) is 11.9 Å². The van der Waals surface area contributed by atoms with Crippen molar-refractivity contribution in [3.63, 3.8) is 0 Å². The summed E-state index contributed by atoms with van der Waals surface area (Å²) in [7, 11) is 1.50. The highest BCUT2D eigenvalue weighted by molar-refractivity contribution is 7.19. The van der Waals surface area contributed by atoms with Gasteiger partial charge in [0.2, 0.25) is 0 Å². The Bertz CT molecular complexity index is 1080. The number of halogens is 1. The fourth-order valence-electron chi connectivity index (χ4n) is 3.50. The Hall–Kier alpha value is -3.11. The zero-order chi connectivity index (χ0) is 20.4. The first-order valence-electron chi connectivity index (χ1n) is 9.44. The molecule has 29 heavy (non-hydrogen) atoms. The van der Waals surface area contributed by atoms with Gasteiger partial charge in [-0.3, -0.25) is 0 Å². The van der Waals surface area contributed by atoms with Gasteiger partial charge in [0.25, 0.3) is 0 Å². The lowest BCUT2D eigenvalue weighted by atomic mass is 10.0. The summed E-state index contributed by atoms with van der Waals surface area (Å²) < 4.78 is 19.4. The van der Waals surface area contributed by atoms with Crippen LogP contribution in [0.3, 0.4) is 0 Å². The van der Waals surface area contributed by atoms with Crippen molar-refractivity contribution in [3.8, 4) is 39.3 Å². The lowest BCUT2D eigenvalue weighted by Gasteiger charge is -2.25. The van der Waals surface area contributed by atoms with E-state index in [0.29, 0.717) is 17.0 Å². The van der Waals surface area contributed by atoms with Crippen molar-refractivity contribution in [3.05, 3.63) is 47.8 Å². The van der Waals surface area contributed by atoms with E-state index in [9.17, 15) is 9.50 Å². The van der Waals surface area contributed by atoms with Gasteiger partial charge in [0.15, 0.2) is 16.6 Å². The highest BCUT2D eigenvalue weighted by atomic mass is 32.1. The van der Waals surface area contributed by atoms with E-state index in [1.165, 1.54) is 37.0 Å². The standard InChI is InChI=1S/C22H20FN3O2S/c1-28-19-8-7-15(12-18(19)27)21-20(14-5-6-16(13-24)17(23)11-14)25-22(29-21)26-9-3-2-4-10-26/h5-8,11-12,27H,2-4,9-10H2,1H3. The number of methoxy groups -OCH3 is 1. The number of phenolic OH excluding ortho intramolecular Hbond substituents is 1. The number of thiazole rings is 1. The molecule has 0 amide bonds. The van der Waals surface area contributed by atoms with Crippen molar-refractivity contribution >= 4 is 16.5 Å². The summed E-state index contributed by atoms with van der Waals surface area (Å²) in [5, 5.41) is 20.1. The molecule has 7 heteroatoms. The van der Waals surface area contributed by atoms with Gasteiger partial charge in [0.05, 0.1) is 23.2 Å². The number of hydrogen-bond donors (Lipinski definition) is 1. The van der Waals surface area contributed by atoms with Crippen LogP contribution in [-0.4, -0.2) is 30.3 Å². The van der Waals surface area contributed by atoms with E-state index in [-0.39, 0.29) is 11.3 Å². The molecule has 3 aromatic rings. The normalized spacial score (nSPS) is 13.9. The van der Waals surface area contributed by atoms with E-state index in [1.807, 2.05) is 12.1 Å². The molecule has 0 radical (unpaired) electrons. The van der Waals surface area contributed by atoms with Crippen molar-refractivity contribution in [2.75, 3.05) is 25.1 Å². The average molecular weight is 409 g/mol. The topological polar surface area (TPSA) is 69.4 Å². The van der Waals surface area contributed by atoms with Crippen LogP contribution in [0.15, 0.2) is 36.4 Å². The number of aromatic nitrogens is 1. The maximum atomic E-state index is 14.3. The Morgan fingerprint density at radius 3 is 2.55 bits per heavy atom. The monoisotopic (exact) mass is 409 g/mol. The molecule has 0 aliphatic carbocycles. The molecule has 1 saturated heterocycles.